The van der Waals surface area contributed by atoms with E-state index < -0.39 is 0 Å². The third-order valence-corrected chi connectivity index (χ3v) is 4.09. The predicted octanol–water partition coefficient (Wildman–Crippen LogP) is 4.46. The molecule has 3 rings (SSSR count). The first-order valence-electron chi connectivity index (χ1n) is 7.51. The van der Waals surface area contributed by atoms with Crippen LogP contribution in [-0.4, -0.2) is 18.6 Å². The molecular formula is C19H19N3. The number of nitrogens with zero attached hydrogens (tertiary/aromatic N) is 1. The van der Waals surface area contributed by atoms with Crippen molar-refractivity contribution >= 4 is 16.6 Å². The Morgan fingerprint density at radius 1 is 1.14 bits per heavy atom. The van der Waals surface area contributed by atoms with Gasteiger partial charge in [-0.05, 0) is 37.2 Å². The van der Waals surface area contributed by atoms with Gasteiger partial charge in [0, 0.05) is 23.0 Å². The minimum absolute atomic E-state index is 0.359. The molecule has 0 saturated carbocycles. The Morgan fingerprint density at radius 2 is 1.95 bits per heavy atom. The van der Waals surface area contributed by atoms with Crippen molar-refractivity contribution < 1.29 is 0 Å². The van der Waals surface area contributed by atoms with Crippen molar-refractivity contribution in [3.05, 3.63) is 77.3 Å². The molecule has 1 aromatic heterocycles. The van der Waals surface area contributed by atoms with Gasteiger partial charge in [0.05, 0.1) is 6.57 Å². The van der Waals surface area contributed by atoms with Gasteiger partial charge >= 0.3 is 0 Å². The van der Waals surface area contributed by atoms with E-state index in [0.29, 0.717) is 11.6 Å². The molecule has 0 amide bonds. The van der Waals surface area contributed by atoms with Crippen LogP contribution >= 0.6 is 0 Å². The zero-order valence-electron chi connectivity index (χ0n) is 12.6. The van der Waals surface area contributed by atoms with Crippen LogP contribution in [0.25, 0.3) is 15.7 Å². The van der Waals surface area contributed by atoms with Gasteiger partial charge in [-0.25, -0.2) is 4.85 Å². The Kier molecular flexibility index (Phi) is 4.22. The summed E-state index contributed by atoms with van der Waals surface area (Å²) in [7, 11) is 1.98. The van der Waals surface area contributed by atoms with E-state index in [1.165, 1.54) is 11.1 Å². The molecule has 1 unspecified atom stereocenters. The lowest BCUT2D eigenvalue weighted by Crippen LogP contribution is -2.13. The summed E-state index contributed by atoms with van der Waals surface area (Å²) in [6.07, 6.45) is 2.83. The van der Waals surface area contributed by atoms with Crippen molar-refractivity contribution in [3.63, 3.8) is 0 Å². The van der Waals surface area contributed by atoms with Crippen LogP contribution in [-0.2, 0) is 0 Å². The molecule has 0 aliphatic rings. The molecule has 2 aromatic carbocycles. The molecule has 22 heavy (non-hydrogen) atoms. The maximum atomic E-state index is 7.20. The van der Waals surface area contributed by atoms with Crippen LogP contribution in [0.5, 0.6) is 0 Å². The fourth-order valence-corrected chi connectivity index (χ4v) is 2.94. The summed E-state index contributed by atoms with van der Waals surface area (Å²) in [5.74, 6) is 0.359. The first-order chi connectivity index (χ1) is 10.8. The smallest absolute Gasteiger partial charge is 0.211 e. The Balaban J connectivity index is 2.02. The lowest BCUT2D eigenvalue weighted by molar-refractivity contribution is 0.662. The molecule has 0 fully saturated rings. The van der Waals surface area contributed by atoms with Gasteiger partial charge in [-0.1, -0.05) is 42.5 Å². The fraction of sp³-hybridized carbons (Fsp3) is 0.211. The van der Waals surface area contributed by atoms with Crippen LogP contribution in [0.4, 0.5) is 5.69 Å². The van der Waals surface area contributed by atoms with E-state index in [4.69, 9.17) is 6.57 Å². The highest BCUT2D eigenvalue weighted by molar-refractivity contribution is 5.93. The normalized spacial score (nSPS) is 12.2. The van der Waals surface area contributed by atoms with Crippen LogP contribution in [0.1, 0.15) is 23.5 Å². The molecule has 3 heteroatoms. The fourth-order valence-electron chi connectivity index (χ4n) is 2.94. The Labute approximate surface area is 130 Å². The Bertz CT molecular complexity index is 796. The van der Waals surface area contributed by atoms with E-state index in [1.807, 2.05) is 7.05 Å². The van der Waals surface area contributed by atoms with E-state index in [9.17, 15) is 0 Å². The molecule has 0 aliphatic carbocycles. The standard InChI is InChI=1S/C19H19N3/c1-20-11-10-16(14-6-4-3-5-7-14)15-8-9-17-18(12-15)22-13-19(17)21-2/h3-9,12-13,16,20,22H,10-11H2,1H3. The SMILES string of the molecule is [C-]#[N+]c1c[nH]c2cc(C(CCNC)c3ccccc3)ccc12. The minimum atomic E-state index is 0.359. The summed E-state index contributed by atoms with van der Waals surface area (Å²) in [5, 5.41) is 4.24. The number of hydrogen-bond acceptors (Lipinski definition) is 1. The second kappa shape index (κ2) is 6.46. The van der Waals surface area contributed by atoms with Gasteiger partial charge in [-0.2, -0.15) is 0 Å². The molecule has 0 saturated heterocycles. The van der Waals surface area contributed by atoms with Crippen molar-refractivity contribution in [2.24, 2.45) is 0 Å². The number of hydrogen-bond donors (Lipinski definition) is 2. The van der Waals surface area contributed by atoms with Crippen LogP contribution in [0.3, 0.4) is 0 Å². The lowest BCUT2D eigenvalue weighted by atomic mass is 9.88. The van der Waals surface area contributed by atoms with Crippen LogP contribution in [0, 0.1) is 6.57 Å². The highest BCUT2D eigenvalue weighted by atomic mass is 14.8. The summed E-state index contributed by atoms with van der Waals surface area (Å²) in [6.45, 7) is 8.17. The quantitative estimate of drug-likeness (QED) is 0.668. The zero-order chi connectivity index (χ0) is 15.4. The number of aromatic amines is 1. The zero-order valence-corrected chi connectivity index (χ0v) is 12.6. The van der Waals surface area contributed by atoms with Crippen LogP contribution in [0.2, 0.25) is 0 Å². The Hall–Kier alpha value is -2.57. The minimum Gasteiger partial charge on any atom is -0.372 e. The Morgan fingerprint density at radius 3 is 2.68 bits per heavy atom. The van der Waals surface area contributed by atoms with E-state index in [1.54, 1.807) is 6.20 Å². The number of rotatable bonds is 5. The molecular weight excluding hydrogens is 270 g/mol. The van der Waals surface area contributed by atoms with Gasteiger partial charge in [0.1, 0.15) is 0 Å². The van der Waals surface area contributed by atoms with Crippen molar-refractivity contribution in [1.29, 1.82) is 0 Å². The largest absolute Gasteiger partial charge is 0.372 e. The van der Waals surface area contributed by atoms with Gasteiger partial charge in [-0.15, -0.1) is 0 Å². The number of aromatic nitrogens is 1. The molecule has 1 atom stereocenters. The number of fused-ring (bicyclic) bond motifs is 1. The molecule has 3 aromatic rings. The van der Waals surface area contributed by atoms with Crippen molar-refractivity contribution in [1.82, 2.24) is 10.3 Å². The van der Waals surface area contributed by atoms with Gasteiger partial charge in [0.15, 0.2) is 0 Å². The first-order valence-corrected chi connectivity index (χ1v) is 7.51. The molecule has 0 radical (unpaired) electrons. The summed E-state index contributed by atoms with van der Waals surface area (Å²) >= 11 is 0. The van der Waals surface area contributed by atoms with Gasteiger partial charge in [0.2, 0.25) is 5.69 Å². The first kappa shape index (κ1) is 14.4. The monoisotopic (exact) mass is 289 g/mol. The number of nitrogens with one attached hydrogen (secondary N) is 2. The van der Waals surface area contributed by atoms with Crippen molar-refractivity contribution in [2.75, 3.05) is 13.6 Å². The van der Waals surface area contributed by atoms with E-state index in [-0.39, 0.29) is 0 Å². The highest BCUT2D eigenvalue weighted by Gasteiger charge is 2.15. The van der Waals surface area contributed by atoms with Crippen molar-refractivity contribution in [2.45, 2.75) is 12.3 Å². The summed E-state index contributed by atoms with van der Waals surface area (Å²) in [4.78, 5) is 6.76. The van der Waals surface area contributed by atoms with Crippen LogP contribution < -0.4 is 5.32 Å². The van der Waals surface area contributed by atoms with Gasteiger partial charge in [0.25, 0.3) is 0 Å². The average molecular weight is 289 g/mol. The third kappa shape index (κ3) is 2.74. The predicted molar refractivity (Wildman–Crippen MR) is 91.4 cm³/mol. The van der Waals surface area contributed by atoms with Gasteiger partial charge < -0.3 is 10.3 Å². The third-order valence-electron chi connectivity index (χ3n) is 4.09. The maximum absolute atomic E-state index is 7.20. The summed E-state index contributed by atoms with van der Waals surface area (Å²) in [5.41, 5.74) is 4.34. The van der Waals surface area contributed by atoms with Crippen LogP contribution in [0.15, 0.2) is 54.7 Å². The second-order valence-corrected chi connectivity index (χ2v) is 5.45. The van der Waals surface area contributed by atoms with E-state index >= 15 is 0 Å². The number of H-pyrrole nitrogens is 1. The number of benzene rings is 2. The average Bonchev–Trinajstić information content (AvgIpc) is 2.98. The second-order valence-electron chi connectivity index (χ2n) is 5.45. The van der Waals surface area contributed by atoms with E-state index in [2.05, 4.69) is 63.7 Å². The molecule has 0 aliphatic heterocycles. The molecule has 0 bridgehead atoms. The molecule has 110 valence electrons. The summed E-state index contributed by atoms with van der Waals surface area (Å²) in [6, 6.07) is 17.0. The van der Waals surface area contributed by atoms with Crippen molar-refractivity contribution in [3.8, 4) is 0 Å². The topological polar surface area (TPSA) is 32.2 Å². The van der Waals surface area contributed by atoms with E-state index in [0.717, 1.165) is 23.9 Å². The molecule has 1 heterocycles. The highest BCUT2D eigenvalue weighted by Crippen LogP contribution is 2.32. The summed E-state index contributed by atoms with van der Waals surface area (Å²) < 4.78 is 0. The molecule has 2 N–H and O–H groups in total. The lowest BCUT2D eigenvalue weighted by Gasteiger charge is -2.18. The molecule has 3 nitrogen and oxygen atoms in total. The van der Waals surface area contributed by atoms with Gasteiger partial charge in [-0.3, -0.25) is 0 Å². The maximum Gasteiger partial charge on any atom is 0.211 e. The molecule has 0 spiro atoms.